The van der Waals surface area contributed by atoms with E-state index in [-0.39, 0.29) is 11.0 Å². The van der Waals surface area contributed by atoms with Gasteiger partial charge in [0.1, 0.15) is 0 Å². The molecule has 3 atom stereocenters. The second-order valence-corrected chi connectivity index (χ2v) is 9.96. The molecule has 0 aliphatic heterocycles. The minimum Gasteiger partial charge on any atom is -0.286 e. The average Bonchev–Trinajstić information content (AvgIpc) is 2.66. The third-order valence-corrected chi connectivity index (χ3v) is 7.56. The Kier molecular flexibility index (Phi) is 4.98. The number of fused-ring (bicyclic) bond motifs is 3. The van der Waals surface area contributed by atoms with Gasteiger partial charge in [0.05, 0.1) is 5.54 Å². The third kappa shape index (κ3) is 3.34. The van der Waals surface area contributed by atoms with E-state index < -0.39 is 0 Å². The van der Waals surface area contributed by atoms with Gasteiger partial charge in [-0.15, -0.1) is 0 Å². The van der Waals surface area contributed by atoms with Crippen LogP contribution in [-0.2, 0) is 11.8 Å². The zero-order chi connectivity index (χ0) is 19.9. The Bertz CT molecular complexity index is 893. The van der Waals surface area contributed by atoms with Crippen LogP contribution in [0.1, 0.15) is 87.1 Å². The molecule has 4 rings (SSSR count). The normalized spacial score (nSPS) is 29.7. The van der Waals surface area contributed by atoms with E-state index in [1.165, 1.54) is 48.8 Å². The topological polar surface area (TPSA) is 12.4 Å². The number of aryl methyl sites for hydroxylation is 2. The molecule has 0 bridgehead atoms. The van der Waals surface area contributed by atoms with Gasteiger partial charge in [-0.05, 0) is 79.0 Å². The molecule has 1 heteroatoms. The predicted octanol–water partition coefficient (Wildman–Crippen LogP) is 7.00. The number of aliphatic imine (C=N–C) groups is 1. The van der Waals surface area contributed by atoms with Crippen molar-refractivity contribution in [2.24, 2.45) is 10.9 Å². The van der Waals surface area contributed by atoms with E-state index in [1.54, 1.807) is 11.1 Å². The van der Waals surface area contributed by atoms with Gasteiger partial charge in [-0.25, -0.2) is 0 Å². The van der Waals surface area contributed by atoms with E-state index in [1.807, 2.05) is 0 Å². The highest BCUT2D eigenvalue weighted by Gasteiger charge is 2.51. The minimum atomic E-state index is 0.0329. The van der Waals surface area contributed by atoms with Crippen molar-refractivity contribution in [2.75, 3.05) is 0 Å². The van der Waals surface area contributed by atoms with Gasteiger partial charge in [0.2, 0.25) is 0 Å². The van der Waals surface area contributed by atoms with E-state index in [9.17, 15) is 0 Å². The van der Waals surface area contributed by atoms with Gasteiger partial charge in [0, 0.05) is 6.21 Å². The van der Waals surface area contributed by atoms with Crippen LogP contribution in [0.4, 0.5) is 0 Å². The highest BCUT2D eigenvalue weighted by Crippen LogP contribution is 2.55. The van der Waals surface area contributed by atoms with Crippen molar-refractivity contribution in [2.45, 2.75) is 83.6 Å². The van der Waals surface area contributed by atoms with Gasteiger partial charge in [0.15, 0.2) is 0 Å². The fourth-order valence-corrected chi connectivity index (χ4v) is 5.96. The maximum Gasteiger partial charge on any atom is 0.0616 e. The third-order valence-electron chi connectivity index (χ3n) is 7.56. The smallest absolute Gasteiger partial charge is 0.0616 e. The fourth-order valence-electron chi connectivity index (χ4n) is 5.96. The molecular formula is C27H35N. The van der Waals surface area contributed by atoms with Crippen LogP contribution in [-0.4, -0.2) is 11.8 Å². The molecule has 0 unspecified atom stereocenters. The predicted molar refractivity (Wildman–Crippen MR) is 121 cm³/mol. The molecule has 0 N–H and O–H groups in total. The molecule has 2 aromatic carbocycles. The molecule has 0 amide bonds. The Labute approximate surface area is 171 Å². The summed E-state index contributed by atoms with van der Waals surface area (Å²) in [4.78, 5) is 5.25. The summed E-state index contributed by atoms with van der Waals surface area (Å²) in [6.07, 6.45) is 8.35. The number of hydrogen-bond acceptors (Lipinski definition) is 1. The van der Waals surface area contributed by atoms with Crippen LogP contribution in [0.2, 0.25) is 0 Å². The van der Waals surface area contributed by atoms with Crippen LogP contribution >= 0.6 is 0 Å². The first kappa shape index (κ1) is 19.4. The van der Waals surface area contributed by atoms with Crippen LogP contribution in [0.15, 0.2) is 47.5 Å². The van der Waals surface area contributed by atoms with Crippen LogP contribution in [0, 0.1) is 12.8 Å². The maximum absolute atomic E-state index is 5.25. The van der Waals surface area contributed by atoms with Crippen LogP contribution in [0.3, 0.4) is 0 Å². The zero-order valence-corrected chi connectivity index (χ0v) is 18.3. The van der Waals surface area contributed by atoms with E-state index >= 15 is 0 Å². The summed E-state index contributed by atoms with van der Waals surface area (Å²) in [7, 11) is 0. The molecule has 0 aromatic heterocycles. The van der Waals surface area contributed by atoms with Gasteiger partial charge in [-0.3, -0.25) is 4.99 Å². The lowest BCUT2D eigenvalue weighted by molar-refractivity contribution is 0.0927. The van der Waals surface area contributed by atoms with E-state index in [0.717, 1.165) is 0 Å². The van der Waals surface area contributed by atoms with E-state index in [0.29, 0.717) is 11.8 Å². The molecule has 28 heavy (non-hydrogen) atoms. The van der Waals surface area contributed by atoms with Gasteiger partial charge in [0.25, 0.3) is 0 Å². The van der Waals surface area contributed by atoms with Crippen molar-refractivity contribution in [1.29, 1.82) is 0 Å². The molecule has 1 nitrogen and oxygen atoms in total. The monoisotopic (exact) mass is 373 g/mol. The molecule has 0 saturated heterocycles. The lowest BCUT2D eigenvalue weighted by Crippen LogP contribution is -2.52. The summed E-state index contributed by atoms with van der Waals surface area (Å²) in [5.41, 5.74) is 7.49. The molecule has 0 spiro atoms. The average molecular weight is 374 g/mol. The number of nitrogens with zero attached hydrogens (tertiary/aromatic N) is 1. The molecule has 2 aliphatic carbocycles. The lowest BCUT2D eigenvalue weighted by atomic mass is 9.52. The Morgan fingerprint density at radius 1 is 1.07 bits per heavy atom. The van der Waals surface area contributed by atoms with Gasteiger partial charge < -0.3 is 0 Å². The summed E-state index contributed by atoms with van der Waals surface area (Å²) in [5, 5.41) is 0. The first-order chi connectivity index (χ1) is 13.3. The Hall–Kier alpha value is -1.89. The zero-order valence-electron chi connectivity index (χ0n) is 18.3. The second kappa shape index (κ2) is 7.17. The quantitative estimate of drug-likeness (QED) is 0.514. The summed E-state index contributed by atoms with van der Waals surface area (Å²) in [5.74, 6) is 1.22. The molecule has 2 aliphatic rings. The summed E-state index contributed by atoms with van der Waals surface area (Å²) >= 11 is 0. The molecular weight excluding hydrogens is 338 g/mol. The molecule has 1 fully saturated rings. The number of hydrogen-bond donors (Lipinski definition) is 0. The maximum atomic E-state index is 5.25. The first-order valence-electron chi connectivity index (χ1n) is 11.1. The lowest BCUT2D eigenvalue weighted by Gasteiger charge is -2.54. The number of rotatable bonds is 3. The largest absolute Gasteiger partial charge is 0.286 e. The Balaban J connectivity index is 1.68. The van der Waals surface area contributed by atoms with Crippen molar-refractivity contribution < 1.29 is 0 Å². The van der Waals surface area contributed by atoms with Crippen molar-refractivity contribution in [3.05, 3.63) is 70.3 Å². The molecule has 2 aromatic rings. The highest BCUT2D eigenvalue weighted by atomic mass is 14.9. The molecule has 1 saturated carbocycles. The Morgan fingerprint density at radius 3 is 2.64 bits per heavy atom. The van der Waals surface area contributed by atoms with Gasteiger partial charge >= 0.3 is 0 Å². The highest BCUT2D eigenvalue weighted by molar-refractivity contribution is 5.80. The SMILES string of the molecule is Cc1cccc(C=N[C@]2(C)CCC[C@]3(C)c4ccc(C(C)C)cc4CC[C@@H]23)c1. The van der Waals surface area contributed by atoms with Gasteiger partial charge in [-0.2, -0.15) is 0 Å². The summed E-state index contributed by atoms with van der Waals surface area (Å²) in [6.45, 7) is 11.7. The van der Waals surface area contributed by atoms with Gasteiger partial charge in [-0.1, -0.05) is 75.2 Å². The second-order valence-electron chi connectivity index (χ2n) is 9.96. The number of benzene rings is 2. The van der Waals surface area contributed by atoms with Crippen molar-refractivity contribution in [3.8, 4) is 0 Å². The summed E-state index contributed by atoms with van der Waals surface area (Å²) in [6, 6.07) is 16.0. The first-order valence-corrected chi connectivity index (χ1v) is 11.1. The van der Waals surface area contributed by atoms with Crippen molar-refractivity contribution in [1.82, 2.24) is 0 Å². The molecule has 0 radical (unpaired) electrons. The fraction of sp³-hybridized carbons (Fsp3) is 0.519. The summed E-state index contributed by atoms with van der Waals surface area (Å²) < 4.78 is 0. The van der Waals surface area contributed by atoms with E-state index in [4.69, 9.17) is 4.99 Å². The van der Waals surface area contributed by atoms with E-state index in [2.05, 4.69) is 83.3 Å². The molecule has 0 heterocycles. The minimum absolute atomic E-state index is 0.0329. The van der Waals surface area contributed by atoms with Crippen molar-refractivity contribution in [3.63, 3.8) is 0 Å². The standard InChI is InChI=1S/C27H35N/c1-19(2)22-10-12-24-23(17-22)11-13-25-26(24,4)14-7-15-27(25,5)28-18-21-9-6-8-20(3)16-21/h6,8-10,12,16-19,25H,7,11,13-15H2,1-5H3/t25-,26-,27-/m1/s1. The van der Waals surface area contributed by atoms with Crippen LogP contribution < -0.4 is 0 Å². The van der Waals surface area contributed by atoms with Crippen LogP contribution in [0.5, 0.6) is 0 Å². The molecule has 148 valence electrons. The van der Waals surface area contributed by atoms with Crippen molar-refractivity contribution >= 4 is 6.21 Å². The Morgan fingerprint density at radius 2 is 1.89 bits per heavy atom. The van der Waals surface area contributed by atoms with Crippen LogP contribution in [0.25, 0.3) is 0 Å².